The molecule has 0 amide bonds. The molecule has 0 spiro atoms. The molecule has 0 bridgehead atoms. The van der Waals surface area contributed by atoms with Crippen LogP contribution in [0.5, 0.6) is 0 Å². The maximum absolute atomic E-state index is 2.41. The van der Waals surface area contributed by atoms with Gasteiger partial charge >= 0.3 is 0 Å². The minimum Gasteiger partial charge on any atom is -0.0654 e. The fourth-order valence-electron chi connectivity index (χ4n) is 2.82. The van der Waals surface area contributed by atoms with Gasteiger partial charge < -0.3 is 0 Å². The van der Waals surface area contributed by atoms with Gasteiger partial charge in [-0.2, -0.15) is 0 Å². The highest BCUT2D eigenvalue weighted by atomic mass is 14.3. The van der Waals surface area contributed by atoms with Crippen molar-refractivity contribution >= 4 is 0 Å². The topological polar surface area (TPSA) is 0 Å². The molecule has 0 aliphatic carbocycles. The first-order valence-corrected chi connectivity index (χ1v) is 7.17. The Morgan fingerprint density at radius 1 is 0.800 bits per heavy atom. The number of hydrogen-bond acceptors (Lipinski definition) is 0. The lowest BCUT2D eigenvalue weighted by molar-refractivity contribution is 0.212. The molecule has 0 aromatic carbocycles. The highest BCUT2D eigenvalue weighted by Crippen LogP contribution is 2.31. The molecule has 0 N–H and O–H groups in total. The molecule has 0 fully saturated rings. The van der Waals surface area contributed by atoms with E-state index >= 15 is 0 Å². The van der Waals surface area contributed by atoms with E-state index in [1.165, 1.54) is 44.9 Å². The van der Waals surface area contributed by atoms with Gasteiger partial charge in [0.05, 0.1) is 0 Å². The van der Waals surface area contributed by atoms with Gasteiger partial charge in [-0.3, -0.25) is 0 Å². The Balaban J connectivity index is 4.06. The molecule has 15 heavy (non-hydrogen) atoms. The summed E-state index contributed by atoms with van der Waals surface area (Å²) in [6.07, 6.45) is 9.86. The molecule has 0 heteroatoms. The van der Waals surface area contributed by atoms with Crippen LogP contribution in [0.3, 0.4) is 0 Å². The van der Waals surface area contributed by atoms with E-state index in [9.17, 15) is 0 Å². The van der Waals surface area contributed by atoms with E-state index in [1.807, 2.05) is 0 Å². The summed E-state index contributed by atoms with van der Waals surface area (Å²) >= 11 is 0. The van der Waals surface area contributed by atoms with E-state index < -0.39 is 0 Å². The summed E-state index contributed by atoms with van der Waals surface area (Å²) in [5, 5.41) is 0. The Bertz CT molecular complexity index is 126. The lowest BCUT2D eigenvalue weighted by Crippen LogP contribution is -2.19. The summed E-state index contributed by atoms with van der Waals surface area (Å²) in [4.78, 5) is 0. The molecule has 0 nitrogen and oxygen atoms in total. The monoisotopic (exact) mass is 212 g/mol. The third-order valence-corrected chi connectivity index (χ3v) is 3.79. The van der Waals surface area contributed by atoms with E-state index in [-0.39, 0.29) is 0 Å². The van der Waals surface area contributed by atoms with Crippen LogP contribution in [0.15, 0.2) is 0 Å². The normalized spacial score (nSPS) is 15.6. The van der Waals surface area contributed by atoms with Crippen LogP contribution in [-0.4, -0.2) is 0 Å². The van der Waals surface area contributed by atoms with Crippen LogP contribution >= 0.6 is 0 Å². The Morgan fingerprint density at radius 3 is 1.87 bits per heavy atom. The second kappa shape index (κ2) is 9.24. The minimum atomic E-state index is 0.872. The van der Waals surface area contributed by atoms with Crippen LogP contribution in [0.1, 0.15) is 79.6 Å². The van der Waals surface area contributed by atoms with Crippen LogP contribution < -0.4 is 0 Å². The summed E-state index contributed by atoms with van der Waals surface area (Å²) in [5.74, 6) is 2.82. The molecule has 2 unspecified atom stereocenters. The summed E-state index contributed by atoms with van der Waals surface area (Å²) < 4.78 is 0. The summed E-state index contributed by atoms with van der Waals surface area (Å²) in [5.41, 5.74) is 0. The van der Waals surface area contributed by atoms with E-state index in [0.29, 0.717) is 0 Å². The van der Waals surface area contributed by atoms with Crippen molar-refractivity contribution in [2.45, 2.75) is 79.6 Å². The van der Waals surface area contributed by atoms with E-state index in [2.05, 4.69) is 34.6 Å². The molecule has 0 saturated heterocycles. The van der Waals surface area contributed by atoms with Gasteiger partial charge in [0.1, 0.15) is 0 Å². The van der Waals surface area contributed by atoms with Gasteiger partial charge in [-0.1, -0.05) is 79.6 Å². The van der Waals surface area contributed by atoms with Gasteiger partial charge in [0.25, 0.3) is 0 Å². The molecule has 92 valence electrons. The van der Waals surface area contributed by atoms with Crippen molar-refractivity contribution in [1.29, 1.82) is 0 Å². The van der Waals surface area contributed by atoms with Gasteiger partial charge in [-0.15, -0.1) is 0 Å². The van der Waals surface area contributed by atoms with Crippen molar-refractivity contribution in [2.24, 2.45) is 17.8 Å². The largest absolute Gasteiger partial charge is 0.0654 e. The minimum absolute atomic E-state index is 0.872. The molecule has 0 saturated carbocycles. The number of hydrogen-bond donors (Lipinski definition) is 0. The van der Waals surface area contributed by atoms with E-state index in [1.54, 1.807) is 0 Å². The molecule has 0 rings (SSSR count). The average molecular weight is 212 g/mol. The Kier molecular flexibility index (Phi) is 9.24. The highest BCUT2D eigenvalue weighted by molar-refractivity contribution is 4.72. The maximum Gasteiger partial charge on any atom is -0.0363 e. The quantitative estimate of drug-likeness (QED) is 0.432. The predicted molar refractivity (Wildman–Crippen MR) is 71.2 cm³/mol. The first-order chi connectivity index (χ1) is 7.17. The second-order valence-electron chi connectivity index (χ2n) is 5.36. The zero-order valence-electron chi connectivity index (χ0n) is 11.7. The van der Waals surface area contributed by atoms with Gasteiger partial charge in [-0.05, 0) is 17.8 Å². The van der Waals surface area contributed by atoms with E-state index in [4.69, 9.17) is 0 Å². The molecular formula is C15H32. The van der Waals surface area contributed by atoms with E-state index in [0.717, 1.165) is 17.8 Å². The van der Waals surface area contributed by atoms with Crippen LogP contribution in [0.25, 0.3) is 0 Å². The predicted octanol–water partition coefficient (Wildman–Crippen LogP) is 5.67. The first-order valence-electron chi connectivity index (χ1n) is 7.17. The molecule has 0 heterocycles. The number of rotatable bonds is 9. The average Bonchev–Trinajstić information content (AvgIpc) is 2.22. The van der Waals surface area contributed by atoms with Gasteiger partial charge in [0.15, 0.2) is 0 Å². The first kappa shape index (κ1) is 15.0. The third-order valence-electron chi connectivity index (χ3n) is 3.79. The SMILES string of the molecule is CCCCCC(CC)C(CCC)C(C)C. The second-order valence-corrected chi connectivity index (χ2v) is 5.36. The summed E-state index contributed by atoms with van der Waals surface area (Å²) in [6.45, 7) is 11.8. The van der Waals surface area contributed by atoms with Gasteiger partial charge in [-0.25, -0.2) is 0 Å². The molecule has 2 atom stereocenters. The van der Waals surface area contributed by atoms with Crippen LogP contribution in [0.2, 0.25) is 0 Å². The van der Waals surface area contributed by atoms with Gasteiger partial charge in [0, 0.05) is 0 Å². The molecule has 0 aromatic rings. The van der Waals surface area contributed by atoms with Crippen LogP contribution in [0.4, 0.5) is 0 Å². The van der Waals surface area contributed by atoms with Crippen LogP contribution in [-0.2, 0) is 0 Å². The molecule has 0 aliphatic heterocycles. The zero-order valence-corrected chi connectivity index (χ0v) is 11.7. The Labute approximate surface area is 97.8 Å². The van der Waals surface area contributed by atoms with Crippen molar-refractivity contribution < 1.29 is 0 Å². The van der Waals surface area contributed by atoms with Crippen molar-refractivity contribution in [1.82, 2.24) is 0 Å². The molecule has 0 aromatic heterocycles. The number of unbranched alkanes of at least 4 members (excludes halogenated alkanes) is 2. The Morgan fingerprint density at radius 2 is 1.47 bits per heavy atom. The Hall–Kier alpha value is 0. The zero-order chi connectivity index (χ0) is 11.7. The smallest absolute Gasteiger partial charge is 0.0363 e. The molecular weight excluding hydrogens is 180 g/mol. The molecule has 0 radical (unpaired) electrons. The van der Waals surface area contributed by atoms with Crippen molar-refractivity contribution in [3.63, 3.8) is 0 Å². The maximum atomic E-state index is 2.41. The van der Waals surface area contributed by atoms with Gasteiger partial charge in [0.2, 0.25) is 0 Å². The van der Waals surface area contributed by atoms with Crippen LogP contribution in [0, 0.1) is 17.8 Å². The standard InChI is InChI=1S/C15H32/c1-6-9-10-12-14(8-3)15(11-7-2)13(4)5/h13-15H,6-12H2,1-5H3. The lowest BCUT2D eigenvalue weighted by atomic mass is 9.76. The fraction of sp³-hybridized carbons (Fsp3) is 1.00. The van der Waals surface area contributed by atoms with Crippen molar-refractivity contribution in [3.8, 4) is 0 Å². The highest BCUT2D eigenvalue weighted by Gasteiger charge is 2.21. The summed E-state index contributed by atoms with van der Waals surface area (Å²) in [6, 6.07) is 0. The summed E-state index contributed by atoms with van der Waals surface area (Å²) in [7, 11) is 0. The molecule has 0 aliphatic rings. The van der Waals surface area contributed by atoms with Crippen molar-refractivity contribution in [2.75, 3.05) is 0 Å². The third kappa shape index (κ3) is 6.22. The lowest BCUT2D eigenvalue weighted by Gasteiger charge is -2.29. The van der Waals surface area contributed by atoms with Crippen molar-refractivity contribution in [3.05, 3.63) is 0 Å². The fourth-order valence-corrected chi connectivity index (χ4v) is 2.82.